The molecule has 2 heteroatoms. The van der Waals surface area contributed by atoms with Crippen LogP contribution in [0, 0.1) is 23.7 Å². The highest BCUT2D eigenvalue weighted by Gasteiger charge is 2.43. The SMILES string of the molecule is O=C1C=CC[C@H]2CCCC[C@@H]3CC=CC(=O)[C@H]3[C@H]12. The molecule has 96 valence electrons. The van der Waals surface area contributed by atoms with Crippen molar-refractivity contribution in [3.63, 3.8) is 0 Å². The average molecular weight is 244 g/mol. The summed E-state index contributed by atoms with van der Waals surface area (Å²) in [6.07, 6.45) is 14.0. The van der Waals surface area contributed by atoms with Gasteiger partial charge in [-0.3, -0.25) is 9.59 Å². The molecule has 0 aromatic heterocycles. The lowest BCUT2D eigenvalue weighted by atomic mass is 9.62. The standard InChI is InChI=1S/C16H20O2/c17-13-9-3-7-11-5-1-2-6-12-8-4-10-14(18)16(12)15(11)13/h3-4,9-12,15-16H,1-2,5-8H2/t11-,12-,15+,16+/m1/s1. The second-order valence-corrected chi connectivity index (χ2v) is 5.94. The summed E-state index contributed by atoms with van der Waals surface area (Å²) in [6.45, 7) is 0. The molecule has 3 aliphatic rings. The molecular weight excluding hydrogens is 224 g/mol. The van der Waals surface area contributed by atoms with E-state index in [1.165, 1.54) is 12.8 Å². The fourth-order valence-corrected chi connectivity index (χ4v) is 4.05. The zero-order valence-electron chi connectivity index (χ0n) is 10.7. The fraction of sp³-hybridized carbons (Fsp3) is 0.625. The van der Waals surface area contributed by atoms with Gasteiger partial charge in [0.2, 0.25) is 0 Å². The highest BCUT2D eigenvalue weighted by molar-refractivity contribution is 6.00. The Bertz CT molecular complexity index is 379. The Balaban J connectivity index is 1.97. The Morgan fingerprint density at radius 3 is 1.67 bits per heavy atom. The van der Waals surface area contributed by atoms with Crippen LogP contribution in [0.25, 0.3) is 0 Å². The van der Waals surface area contributed by atoms with E-state index in [9.17, 15) is 9.59 Å². The summed E-state index contributed by atoms with van der Waals surface area (Å²) in [5.74, 6) is 1.16. The Morgan fingerprint density at radius 1 is 0.778 bits per heavy atom. The summed E-state index contributed by atoms with van der Waals surface area (Å²) in [7, 11) is 0. The maximum atomic E-state index is 12.2. The quantitative estimate of drug-likeness (QED) is 0.656. The van der Waals surface area contributed by atoms with Crippen LogP contribution in [0.3, 0.4) is 0 Å². The molecule has 3 rings (SSSR count). The second-order valence-electron chi connectivity index (χ2n) is 5.94. The first-order valence-electron chi connectivity index (χ1n) is 7.18. The molecule has 1 saturated carbocycles. The maximum Gasteiger partial charge on any atom is 0.159 e. The summed E-state index contributed by atoms with van der Waals surface area (Å²) < 4.78 is 0. The molecule has 0 heterocycles. The van der Waals surface area contributed by atoms with E-state index in [1.807, 2.05) is 12.2 Å². The molecule has 18 heavy (non-hydrogen) atoms. The van der Waals surface area contributed by atoms with E-state index in [0.29, 0.717) is 11.8 Å². The number of ketones is 2. The van der Waals surface area contributed by atoms with E-state index in [-0.39, 0.29) is 23.4 Å². The number of carbonyl (C=O) groups is 2. The molecule has 0 saturated heterocycles. The third-order valence-electron chi connectivity index (χ3n) is 4.90. The van der Waals surface area contributed by atoms with Crippen LogP contribution < -0.4 is 0 Å². The average Bonchev–Trinajstić information content (AvgIpc) is 2.33. The van der Waals surface area contributed by atoms with Gasteiger partial charge < -0.3 is 0 Å². The lowest BCUT2D eigenvalue weighted by Gasteiger charge is -2.40. The minimum absolute atomic E-state index is 0.0299. The van der Waals surface area contributed by atoms with Crippen molar-refractivity contribution in [2.24, 2.45) is 23.7 Å². The van der Waals surface area contributed by atoms with Gasteiger partial charge in [0.15, 0.2) is 11.6 Å². The smallest absolute Gasteiger partial charge is 0.159 e. The van der Waals surface area contributed by atoms with Crippen molar-refractivity contribution in [3.8, 4) is 0 Å². The number of fused-ring (bicyclic) bond motifs is 3. The van der Waals surface area contributed by atoms with Crippen molar-refractivity contribution in [2.75, 3.05) is 0 Å². The molecule has 0 aliphatic heterocycles. The Kier molecular flexibility index (Phi) is 3.19. The van der Waals surface area contributed by atoms with Gasteiger partial charge >= 0.3 is 0 Å². The van der Waals surface area contributed by atoms with Crippen LogP contribution in [-0.2, 0) is 9.59 Å². The van der Waals surface area contributed by atoms with Gasteiger partial charge in [-0.25, -0.2) is 0 Å². The van der Waals surface area contributed by atoms with Crippen LogP contribution in [-0.4, -0.2) is 11.6 Å². The summed E-state index contributed by atoms with van der Waals surface area (Å²) in [6, 6.07) is 0. The fourth-order valence-electron chi connectivity index (χ4n) is 4.05. The number of carbonyl (C=O) groups excluding carboxylic acids is 2. The minimum atomic E-state index is -0.0299. The van der Waals surface area contributed by atoms with Crippen molar-refractivity contribution < 1.29 is 9.59 Å². The Morgan fingerprint density at radius 2 is 1.22 bits per heavy atom. The molecule has 4 atom stereocenters. The first kappa shape index (κ1) is 11.9. The predicted octanol–water partition coefficient (Wildman–Crippen LogP) is 3.08. The number of hydrogen-bond donors (Lipinski definition) is 0. The van der Waals surface area contributed by atoms with Crippen LogP contribution in [0.2, 0.25) is 0 Å². The lowest BCUT2D eigenvalue weighted by Crippen LogP contribution is -2.42. The predicted molar refractivity (Wildman–Crippen MR) is 70.0 cm³/mol. The van der Waals surface area contributed by atoms with Crippen LogP contribution in [0.1, 0.15) is 38.5 Å². The molecule has 0 aromatic carbocycles. The molecular formula is C16H20O2. The van der Waals surface area contributed by atoms with Crippen molar-refractivity contribution >= 4 is 11.6 Å². The lowest BCUT2D eigenvalue weighted by molar-refractivity contribution is -0.133. The third-order valence-corrected chi connectivity index (χ3v) is 4.90. The molecule has 0 aromatic rings. The highest BCUT2D eigenvalue weighted by atomic mass is 16.1. The van der Waals surface area contributed by atoms with Gasteiger partial charge in [0.05, 0.1) is 0 Å². The van der Waals surface area contributed by atoms with Gasteiger partial charge in [-0.2, -0.15) is 0 Å². The third kappa shape index (κ3) is 1.98. The summed E-state index contributed by atoms with van der Waals surface area (Å²) in [4.78, 5) is 24.5. The molecule has 0 N–H and O–H groups in total. The summed E-state index contributed by atoms with van der Waals surface area (Å²) >= 11 is 0. The largest absolute Gasteiger partial charge is 0.295 e. The van der Waals surface area contributed by atoms with E-state index in [1.54, 1.807) is 12.2 Å². The number of allylic oxidation sites excluding steroid dienone is 4. The molecule has 0 bridgehead atoms. The monoisotopic (exact) mass is 244 g/mol. The second kappa shape index (κ2) is 4.83. The molecule has 0 spiro atoms. The zero-order valence-corrected chi connectivity index (χ0v) is 10.7. The maximum absolute atomic E-state index is 12.2. The van der Waals surface area contributed by atoms with E-state index in [2.05, 4.69) is 0 Å². The van der Waals surface area contributed by atoms with Gasteiger partial charge in [-0.15, -0.1) is 0 Å². The first-order valence-corrected chi connectivity index (χ1v) is 7.18. The topological polar surface area (TPSA) is 34.1 Å². The van der Waals surface area contributed by atoms with Gasteiger partial charge in [0.1, 0.15) is 0 Å². The molecule has 1 fully saturated rings. The normalized spacial score (nSPS) is 39.8. The zero-order chi connectivity index (χ0) is 12.5. The number of hydrogen-bond acceptors (Lipinski definition) is 2. The van der Waals surface area contributed by atoms with Gasteiger partial charge in [-0.1, -0.05) is 25.0 Å². The van der Waals surface area contributed by atoms with Crippen molar-refractivity contribution in [1.82, 2.24) is 0 Å². The van der Waals surface area contributed by atoms with Gasteiger partial charge in [0, 0.05) is 11.8 Å². The number of rotatable bonds is 0. The van der Waals surface area contributed by atoms with Crippen LogP contribution in [0.4, 0.5) is 0 Å². The molecule has 0 amide bonds. The highest BCUT2D eigenvalue weighted by Crippen LogP contribution is 2.43. The summed E-state index contributed by atoms with van der Waals surface area (Å²) in [5, 5.41) is 0. The van der Waals surface area contributed by atoms with Crippen molar-refractivity contribution in [2.45, 2.75) is 38.5 Å². The molecule has 2 nitrogen and oxygen atoms in total. The van der Waals surface area contributed by atoms with Crippen molar-refractivity contribution in [1.29, 1.82) is 0 Å². The molecule has 0 unspecified atom stereocenters. The Hall–Kier alpha value is -1.18. The van der Waals surface area contributed by atoms with Crippen LogP contribution in [0.15, 0.2) is 24.3 Å². The van der Waals surface area contributed by atoms with E-state index in [4.69, 9.17) is 0 Å². The van der Waals surface area contributed by atoms with Crippen molar-refractivity contribution in [3.05, 3.63) is 24.3 Å². The van der Waals surface area contributed by atoms with Crippen LogP contribution >= 0.6 is 0 Å². The Labute approximate surface area is 108 Å². The summed E-state index contributed by atoms with van der Waals surface area (Å²) in [5.41, 5.74) is 0. The van der Waals surface area contributed by atoms with Gasteiger partial charge in [-0.05, 0) is 49.7 Å². The van der Waals surface area contributed by atoms with E-state index < -0.39 is 0 Å². The van der Waals surface area contributed by atoms with E-state index in [0.717, 1.165) is 25.7 Å². The first-order chi connectivity index (χ1) is 8.77. The minimum Gasteiger partial charge on any atom is -0.295 e. The van der Waals surface area contributed by atoms with E-state index >= 15 is 0 Å². The van der Waals surface area contributed by atoms with Gasteiger partial charge in [0.25, 0.3) is 0 Å². The van der Waals surface area contributed by atoms with Crippen LogP contribution in [0.5, 0.6) is 0 Å². The molecule has 0 radical (unpaired) electrons. The molecule has 3 aliphatic carbocycles.